The lowest BCUT2D eigenvalue weighted by Crippen LogP contribution is -2.20. The molecule has 3 aromatic rings. The van der Waals surface area contributed by atoms with Gasteiger partial charge in [-0.05, 0) is 61.1 Å². The Bertz CT molecular complexity index is 970. The highest BCUT2D eigenvalue weighted by Gasteiger charge is 2.11. The summed E-state index contributed by atoms with van der Waals surface area (Å²) in [6, 6.07) is 16.7. The van der Waals surface area contributed by atoms with Gasteiger partial charge in [-0.15, -0.1) is 11.3 Å². The molecule has 2 aromatic carbocycles. The molecule has 4 N–H and O–H groups in total. The number of nitrogen functional groups attached to an aromatic ring is 1. The van der Waals surface area contributed by atoms with E-state index in [0.29, 0.717) is 29.2 Å². The molecule has 0 aliphatic heterocycles. The number of likely N-dealkylation sites (N-methyl/N-ethyl adjacent to an activating group) is 1. The zero-order valence-corrected chi connectivity index (χ0v) is 17.3. The van der Waals surface area contributed by atoms with E-state index in [-0.39, 0.29) is 12.5 Å². The van der Waals surface area contributed by atoms with E-state index in [1.54, 1.807) is 48.8 Å². The van der Waals surface area contributed by atoms with E-state index in [1.807, 2.05) is 19.2 Å². The van der Waals surface area contributed by atoms with Gasteiger partial charge in [-0.25, -0.2) is 0 Å². The minimum Gasteiger partial charge on any atom is -0.497 e. The Morgan fingerprint density at radius 2 is 1.93 bits per heavy atom. The Kier molecular flexibility index (Phi) is 6.87. The van der Waals surface area contributed by atoms with Crippen molar-refractivity contribution in [2.75, 3.05) is 38.4 Å². The molecule has 152 valence electrons. The number of anilines is 2. The van der Waals surface area contributed by atoms with E-state index in [4.69, 9.17) is 15.6 Å². The van der Waals surface area contributed by atoms with Gasteiger partial charge in [-0.1, -0.05) is 6.07 Å². The molecule has 7 heteroatoms. The fourth-order valence-electron chi connectivity index (χ4n) is 2.89. The fraction of sp³-hybridized carbons (Fsp3) is 0.227. The van der Waals surface area contributed by atoms with Crippen LogP contribution in [0.3, 0.4) is 0 Å². The highest BCUT2D eigenvalue weighted by molar-refractivity contribution is 7.15. The number of carbonyl (C=O) groups excluding carboxylic acids is 1. The number of methoxy groups -OCH3 is 1. The lowest BCUT2D eigenvalue weighted by atomic mass is 10.1. The molecule has 0 spiro atoms. The SMILES string of the molecule is COc1ccc(C(=O)Nc2cc(-c3ccc(CN(C)CCO)s3)ccc2N)cc1. The van der Waals surface area contributed by atoms with Gasteiger partial charge in [0.05, 0.1) is 25.1 Å². The van der Waals surface area contributed by atoms with Crippen LogP contribution >= 0.6 is 11.3 Å². The standard InChI is InChI=1S/C22H25N3O3S/c1-25(11-12-26)14-18-8-10-21(29-18)16-5-9-19(23)20(13-16)24-22(27)15-3-6-17(28-2)7-4-15/h3-10,13,26H,11-12,14,23H2,1-2H3,(H,24,27). The average Bonchev–Trinajstić information content (AvgIpc) is 3.18. The van der Waals surface area contributed by atoms with Gasteiger partial charge in [0.2, 0.25) is 0 Å². The summed E-state index contributed by atoms with van der Waals surface area (Å²) in [5.74, 6) is 0.468. The number of aliphatic hydroxyl groups is 1. The predicted octanol–water partition coefficient (Wildman–Crippen LogP) is 3.68. The minimum atomic E-state index is -0.228. The Hall–Kier alpha value is -2.87. The molecular formula is C22H25N3O3S. The molecule has 0 unspecified atom stereocenters. The maximum atomic E-state index is 12.6. The van der Waals surface area contributed by atoms with Crippen LogP contribution in [0.1, 0.15) is 15.2 Å². The number of hydrogen-bond donors (Lipinski definition) is 3. The molecule has 0 radical (unpaired) electrons. The number of rotatable bonds is 8. The first-order valence-corrected chi connectivity index (χ1v) is 10.0. The van der Waals surface area contributed by atoms with Crippen LogP contribution in [0.2, 0.25) is 0 Å². The fourth-order valence-corrected chi connectivity index (χ4v) is 3.97. The number of nitrogens with two attached hydrogens (primary N) is 1. The van der Waals surface area contributed by atoms with Crippen LogP contribution in [-0.2, 0) is 6.54 Å². The van der Waals surface area contributed by atoms with E-state index in [9.17, 15) is 4.79 Å². The molecule has 0 bridgehead atoms. The monoisotopic (exact) mass is 411 g/mol. The third-order valence-corrected chi connectivity index (χ3v) is 5.63. The highest BCUT2D eigenvalue weighted by Crippen LogP contribution is 2.33. The van der Waals surface area contributed by atoms with Crippen molar-refractivity contribution in [3.63, 3.8) is 0 Å². The lowest BCUT2D eigenvalue weighted by Gasteiger charge is -2.13. The largest absolute Gasteiger partial charge is 0.497 e. The van der Waals surface area contributed by atoms with E-state index in [0.717, 1.165) is 17.0 Å². The zero-order valence-electron chi connectivity index (χ0n) is 16.5. The quantitative estimate of drug-likeness (QED) is 0.492. The van der Waals surface area contributed by atoms with Crippen LogP contribution in [0.15, 0.2) is 54.6 Å². The first kappa shape index (κ1) is 20.9. The number of carbonyl (C=O) groups is 1. The molecule has 1 heterocycles. The number of nitrogens with one attached hydrogen (secondary N) is 1. The normalized spacial score (nSPS) is 10.9. The second kappa shape index (κ2) is 9.56. The molecule has 1 amide bonds. The van der Waals surface area contributed by atoms with Gasteiger partial charge in [0.25, 0.3) is 5.91 Å². The summed E-state index contributed by atoms with van der Waals surface area (Å²) in [6.07, 6.45) is 0. The molecule has 0 saturated heterocycles. The van der Waals surface area contributed by atoms with Gasteiger partial charge >= 0.3 is 0 Å². The Balaban J connectivity index is 1.75. The molecule has 0 fully saturated rings. The number of thiophene rings is 1. The van der Waals surface area contributed by atoms with Gasteiger partial charge < -0.3 is 20.9 Å². The van der Waals surface area contributed by atoms with E-state index >= 15 is 0 Å². The summed E-state index contributed by atoms with van der Waals surface area (Å²) in [7, 11) is 3.56. The molecule has 29 heavy (non-hydrogen) atoms. The number of ether oxygens (including phenoxy) is 1. The smallest absolute Gasteiger partial charge is 0.255 e. The van der Waals surface area contributed by atoms with Crippen LogP contribution in [0.5, 0.6) is 5.75 Å². The molecule has 0 saturated carbocycles. The summed E-state index contributed by atoms with van der Waals surface area (Å²) >= 11 is 1.68. The predicted molar refractivity (Wildman–Crippen MR) is 119 cm³/mol. The number of nitrogens with zero attached hydrogens (tertiary/aromatic N) is 1. The zero-order chi connectivity index (χ0) is 20.8. The van der Waals surface area contributed by atoms with Crippen LogP contribution in [0.25, 0.3) is 10.4 Å². The summed E-state index contributed by atoms with van der Waals surface area (Å²) in [4.78, 5) is 16.9. The third kappa shape index (κ3) is 5.35. The van der Waals surface area contributed by atoms with Crippen molar-refractivity contribution in [3.05, 3.63) is 65.0 Å². The summed E-state index contributed by atoms with van der Waals surface area (Å²) in [5.41, 5.74) is 8.69. The molecule has 0 aliphatic rings. The first-order chi connectivity index (χ1) is 14.0. The van der Waals surface area contributed by atoms with E-state index in [2.05, 4.69) is 22.3 Å². The first-order valence-electron chi connectivity index (χ1n) is 9.23. The van der Waals surface area contributed by atoms with Crippen LogP contribution in [0.4, 0.5) is 11.4 Å². The second-order valence-corrected chi connectivity index (χ2v) is 7.88. The van der Waals surface area contributed by atoms with Crippen molar-refractivity contribution in [1.82, 2.24) is 4.90 Å². The van der Waals surface area contributed by atoms with Crippen LogP contribution in [0, 0.1) is 0 Å². The summed E-state index contributed by atoms with van der Waals surface area (Å²) in [5, 5.41) is 11.9. The molecule has 3 rings (SSSR count). The lowest BCUT2D eigenvalue weighted by molar-refractivity contribution is 0.102. The third-order valence-electron chi connectivity index (χ3n) is 4.51. The van der Waals surface area contributed by atoms with Crippen molar-refractivity contribution < 1.29 is 14.6 Å². The molecule has 0 aliphatic carbocycles. The molecular weight excluding hydrogens is 386 g/mol. The minimum absolute atomic E-state index is 0.143. The van der Waals surface area contributed by atoms with Crippen LogP contribution in [-0.4, -0.2) is 43.2 Å². The Labute approximate surface area is 174 Å². The van der Waals surface area contributed by atoms with E-state index < -0.39 is 0 Å². The Morgan fingerprint density at radius 1 is 1.17 bits per heavy atom. The topological polar surface area (TPSA) is 87.8 Å². The van der Waals surface area contributed by atoms with Crippen molar-refractivity contribution >= 4 is 28.6 Å². The Morgan fingerprint density at radius 3 is 2.62 bits per heavy atom. The van der Waals surface area contributed by atoms with Crippen molar-refractivity contribution in [3.8, 4) is 16.2 Å². The number of benzene rings is 2. The van der Waals surface area contributed by atoms with Gasteiger partial charge in [0.15, 0.2) is 0 Å². The van der Waals surface area contributed by atoms with Gasteiger partial charge in [-0.3, -0.25) is 9.69 Å². The van der Waals surface area contributed by atoms with Crippen molar-refractivity contribution in [2.24, 2.45) is 0 Å². The number of hydrogen-bond acceptors (Lipinski definition) is 6. The molecule has 0 atom stereocenters. The van der Waals surface area contributed by atoms with Gasteiger partial charge in [0, 0.05) is 28.4 Å². The number of aliphatic hydroxyl groups excluding tert-OH is 1. The summed E-state index contributed by atoms with van der Waals surface area (Å²) < 4.78 is 5.12. The number of amides is 1. The molecule has 6 nitrogen and oxygen atoms in total. The maximum absolute atomic E-state index is 12.6. The van der Waals surface area contributed by atoms with Crippen molar-refractivity contribution in [1.29, 1.82) is 0 Å². The van der Waals surface area contributed by atoms with E-state index in [1.165, 1.54) is 4.88 Å². The summed E-state index contributed by atoms with van der Waals surface area (Å²) in [6.45, 7) is 1.56. The van der Waals surface area contributed by atoms with Crippen molar-refractivity contribution in [2.45, 2.75) is 6.54 Å². The average molecular weight is 412 g/mol. The van der Waals surface area contributed by atoms with Crippen LogP contribution < -0.4 is 15.8 Å². The van der Waals surface area contributed by atoms with Gasteiger partial charge in [0.1, 0.15) is 5.75 Å². The molecule has 1 aromatic heterocycles. The highest BCUT2D eigenvalue weighted by atomic mass is 32.1. The van der Waals surface area contributed by atoms with Gasteiger partial charge in [-0.2, -0.15) is 0 Å². The second-order valence-electron chi connectivity index (χ2n) is 6.71. The maximum Gasteiger partial charge on any atom is 0.255 e.